The van der Waals surface area contributed by atoms with Crippen LogP contribution in [0.15, 0.2) is 83.1 Å². The number of rotatable bonds is 20. The number of carbonyl (C=O) groups excluding carboxylic acids is 1. The van der Waals surface area contributed by atoms with Crippen molar-refractivity contribution in [3.05, 3.63) is 83.1 Å². The average molecular weight is 537 g/mol. The van der Waals surface area contributed by atoms with Crippen molar-refractivity contribution in [2.75, 3.05) is 6.61 Å². The number of hydrogen-bond acceptors (Lipinski definition) is 2. The van der Waals surface area contributed by atoms with Crippen molar-refractivity contribution in [1.82, 2.24) is 0 Å². The number of ether oxygens (including phenoxy) is 1. The Bertz CT molecular complexity index is 873. The van der Waals surface area contributed by atoms with E-state index in [1.165, 1.54) is 75.0 Å². The van der Waals surface area contributed by atoms with Crippen molar-refractivity contribution in [3.8, 4) is 0 Å². The Morgan fingerprint density at radius 3 is 1.62 bits per heavy atom. The highest BCUT2D eigenvalue weighted by atomic mass is 16.5. The quantitative estimate of drug-likeness (QED) is 0.0878. The first kappa shape index (κ1) is 36.6. The lowest BCUT2D eigenvalue weighted by Gasteiger charge is -2.15. The van der Waals surface area contributed by atoms with Crippen LogP contribution in [0.3, 0.4) is 0 Å². The zero-order valence-electron chi connectivity index (χ0n) is 26.9. The van der Waals surface area contributed by atoms with Gasteiger partial charge in [-0.25, -0.2) is 4.79 Å². The van der Waals surface area contributed by atoms with E-state index >= 15 is 0 Å². The van der Waals surface area contributed by atoms with Crippen LogP contribution in [0.1, 0.15) is 120 Å². The Morgan fingerprint density at radius 2 is 1.10 bits per heavy atom. The summed E-state index contributed by atoms with van der Waals surface area (Å²) in [5.41, 5.74) is 4.69. The SMILES string of the molecule is CCOC(=O)C=C(C)C=CC=C(C)C=CC=C(C)C=CC=C(C)CCCC(C)CCCC(C)CCCC(C)C. The molecule has 0 aliphatic carbocycles. The fraction of sp³-hybridized carbons (Fsp3) is 0.595. The molecule has 0 amide bonds. The second kappa shape index (κ2) is 23.5. The fourth-order valence-electron chi connectivity index (χ4n) is 4.39. The molecular weight excluding hydrogens is 476 g/mol. The monoisotopic (exact) mass is 536 g/mol. The smallest absolute Gasteiger partial charge is 0.330 e. The Hall–Kier alpha value is -2.35. The maximum Gasteiger partial charge on any atom is 0.330 e. The minimum absolute atomic E-state index is 0.299. The zero-order chi connectivity index (χ0) is 29.5. The molecule has 0 heterocycles. The van der Waals surface area contributed by atoms with Crippen LogP contribution in [0.25, 0.3) is 0 Å². The number of esters is 1. The molecule has 39 heavy (non-hydrogen) atoms. The predicted molar refractivity (Wildman–Crippen MR) is 174 cm³/mol. The van der Waals surface area contributed by atoms with E-state index in [0.717, 1.165) is 28.9 Å². The fourth-order valence-corrected chi connectivity index (χ4v) is 4.39. The summed E-state index contributed by atoms with van der Waals surface area (Å²) in [6, 6.07) is 0. The second-order valence-electron chi connectivity index (χ2n) is 11.9. The van der Waals surface area contributed by atoms with Gasteiger partial charge in [0.05, 0.1) is 6.61 Å². The van der Waals surface area contributed by atoms with Crippen molar-refractivity contribution >= 4 is 5.97 Å². The maximum atomic E-state index is 11.4. The molecule has 2 atom stereocenters. The molecule has 220 valence electrons. The van der Waals surface area contributed by atoms with E-state index in [2.05, 4.69) is 84.9 Å². The molecule has 2 unspecified atom stereocenters. The van der Waals surface area contributed by atoms with Crippen LogP contribution < -0.4 is 0 Å². The maximum absolute atomic E-state index is 11.4. The Balaban J connectivity index is 4.31. The third kappa shape index (κ3) is 24.4. The third-order valence-electron chi connectivity index (χ3n) is 6.95. The van der Waals surface area contributed by atoms with E-state index in [1.807, 2.05) is 25.2 Å². The summed E-state index contributed by atoms with van der Waals surface area (Å²) < 4.78 is 4.92. The van der Waals surface area contributed by atoms with Gasteiger partial charge >= 0.3 is 5.97 Å². The van der Waals surface area contributed by atoms with Gasteiger partial charge in [0.25, 0.3) is 0 Å². The van der Waals surface area contributed by atoms with Crippen LogP contribution in [0.5, 0.6) is 0 Å². The molecule has 0 saturated heterocycles. The van der Waals surface area contributed by atoms with Crippen LogP contribution in [0.2, 0.25) is 0 Å². The summed E-state index contributed by atoms with van der Waals surface area (Å²) >= 11 is 0. The highest BCUT2D eigenvalue weighted by Crippen LogP contribution is 2.22. The Labute approximate surface area is 242 Å². The van der Waals surface area contributed by atoms with Crippen molar-refractivity contribution < 1.29 is 9.53 Å². The molecule has 0 fully saturated rings. The van der Waals surface area contributed by atoms with Gasteiger partial charge in [0.1, 0.15) is 0 Å². The minimum Gasteiger partial charge on any atom is -0.463 e. The molecule has 0 aliphatic heterocycles. The summed E-state index contributed by atoms with van der Waals surface area (Å²) in [7, 11) is 0. The molecule has 0 spiro atoms. The molecule has 0 bridgehead atoms. The third-order valence-corrected chi connectivity index (χ3v) is 6.95. The Morgan fingerprint density at radius 1 is 0.641 bits per heavy atom. The Kier molecular flexibility index (Phi) is 22.1. The minimum atomic E-state index is -0.299. The van der Waals surface area contributed by atoms with E-state index in [1.54, 1.807) is 6.92 Å². The van der Waals surface area contributed by atoms with E-state index in [9.17, 15) is 4.79 Å². The molecule has 2 heteroatoms. The lowest BCUT2D eigenvalue weighted by atomic mass is 9.91. The summed E-state index contributed by atoms with van der Waals surface area (Å²) in [4.78, 5) is 11.4. The lowest BCUT2D eigenvalue weighted by Crippen LogP contribution is -2.00. The molecule has 0 radical (unpaired) electrons. The van der Waals surface area contributed by atoms with Gasteiger partial charge in [-0.1, -0.05) is 144 Å². The number of hydrogen-bond donors (Lipinski definition) is 0. The van der Waals surface area contributed by atoms with E-state index in [4.69, 9.17) is 4.74 Å². The first-order chi connectivity index (χ1) is 18.5. The number of allylic oxidation sites excluding steroid dienone is 13. The summed E-state index contributed by atoms with van der Waals surface area (Å²) in [6.07, 6.45) is 32.4. The molecule has 0 aromatic carbocycles. The van der Waals surface area contributed by atoms with Crippen molar-refractivity contribution in [1.29, 1.82) is 0 Å². The first-order valence-electron chi connectivity index (χ1n) is 15.4. The molecular formula is C37H60O2. The largest absolute Gasteiger partial charge is 0.463 e. The summed E-state index contributed by atoms with van der Waals surface area (Å²) in [5, 5.41) is 0. The normalized spacial score (nSPS) is 15.7. The van der Waals surface area contributed by atoms with Crippen LogP contribution in [-0.4, -0.2) is 12.6 Å². The highest BCUT2D eigenvalue weighted by molar-refractivity contribution is 5.83. The molecule has 0 aliphatic rings. The molecule has 0 saturated carbocycles. The average Bonchev–Trinajstić information content (AvgIpc) is 2.84. The summed E-state index contributed by atoms with van der Waals surface area (Å²) in [6.45, 7) is 20.1. The predicted octanol–water partition coefficient (Wildman–Crippen LogP) is 11.4. The lowest BCUT2D eigenvalue weighted by molar-refractivity contribution is -0.137. The second-order valence-corrected chi connectivity index (χ2v) is 11.9. The van der Waals surface area contributed by atoms with E-state index in [-0.39, 0.29) is 5.97 Å². The molecule has 0 aromatic heterocycles. The van der Waals surface area contributed by atoms with E-state index in [0.29, 0.717) is 6.61 Å². The van der Waals surface area contributed by atoms with Gasteiger partial charge in [-0.2, -0.15) is 0 Å². The van der Waals surface area contributed by atoms with Crippen molar-refractivity contribution in [2.24, 2.45) is 17.8 Å². The van der Waals surface area contributed by atoms with Crippen molar-refractivity contribution in [2.45, 2.75) is 120 Å². The van der Waals surface area contributed by atoms with Crippen LogP contribution in [-0.2, 0) is 9.53 Å². The van der Waals surface area contributed by atoms with Crippen LogP contribution >= 0.6 is 0 Å². The highest BCUT2D eigenvalue weighted by Gasteiger charge is 2.06. The molecule has 2 nitrogen and oxygen atoms in total. The van der Waals surface area contributed by atoms with Gasteiger partial charge in [0, 0.05) is 6.08 Å². The van der Waals surface area contributed by atoms with Gasteiger partial charge in [-0.05, 0) is 70.8 Å². The van der Waals surface area contributed by atoms with Gasteiger partial charge in [-0.3, -0.25) is 0 Å². The van der Waals surface area contributed by atoms with Gasteiger partial charge in [-0.15, -0.1) is 0 Å². The van der Waals surface area contributed by atoms with E-state index < -0.39 is 0 Å². The van der Waals surface area contributed by atoms with Crippen molar-refractivity contribution in [3.63, 3.8) is 0 Å². The summed E-state index contributed by atoms with van der Waals surface area (Å²) in [5.74, 6) is 2.28. The molecule has 0 rings (SSSR count). The van der Waals surface area contributed by atoms with Gasteiger partial charge < -0.3 is 4.74 Å². The van der Waals surface area contributed by atoms with Crippen LogP contribution in [0, 0.1) is 17.8 Å². The van der Waals surface area contributed by atoms with Gasteiger partial charge in [0.15, 0.2) is 0 Å². The zero-order valence-corrected chi connectivity index (χ0v) is 26.9. The number of carbonyl (C=O) groups is 1. The standard InChI is InChI=1S/C37H60O2/c1-10-39-37(38)29-36(9)28-16-27-35(8)26-15-25-34(7)24-14-23-33(6)22-13-21-32(5)20-12-19-31(4)18-11-17-30(2)3/h14-16,23-32H,10-13,17-22H2,1-9H3. The van der Waals surface area contributed by atoms with Crippen LogP contribution in [0.4, 0.5) is 0 Å². The van der Waals surface area contributed by atoms with Gasteiger partial charge in [0.2, 0.25) is 0 Å². The molecule has 0 N–H and O–H groups in total. The first-order valence-corrected chi connectivity index (χ1v) is 15.4. The topological polar surface area (TPSA) is 26.3 Å². The molecule has 0 aromatic rings.